The molecule has 1 aromatic carbocycles. The zero-order chi connectivity index (χ0) is 14.8. The van der Waals surface area contributed by atoms with Gasteiger partial charge in [-0.1, -0.05) is 6.92 Å². The SMILES string of the molecule is CCC(C)(Nc1ccc(S(N)(=O)=O)cc1F)C(=O)O. The third-order valence-electron chi connectivity index (χ3n) is 2.86. The maximum Gasteiger partial charge on any atom is 0.329 e. The Kier molecular flexibility index (Phi) is 4.16. The molecule has 19 heavy (non-hydrogen) atoms. The minimum absolute atomic E-state index is 0.0980. The van der Waals surface area contributed by atoms with E-state index in [1.165, 1.54) is 6.92 Å². The maximum atomic E-state index is 13.7. The number of nitrogens with one attached hydrogen (secondary N) is 1. The second kappa shape index (κ2) is 5.14. The van der Waals surface area contributed by atoms with Gasteiger partial charge in [-0.05, 0) is 31.5 Å². The first-order valence-electron chi connectivity index (χ1n) is 5.44. The Morgan fingerprint density at radius 1 is 1.53 bits per heavy atom. The van der Waals surface area contributed by atoms with Crippen molar-refractivity contribution in [2.75, 3.05) is 5.32 Å². The van der Waals surface area contributed by atoms with E-state index in [9.17, 15) is 17.6 Å². The summed E-state index contributed by atoms with van der Waals surface area (Å²) in [5, 5.41) is 16.5. The molecule has 1 unspecified atom stereocenters. The molecular weight excluding hydrogens is 275 g/mol. The number of nitrogens with two attached hydrogens (primary N) is 1. The molecular formula is C11H15FN2O4S. The molecule has 0 aliphatic heterocycles. The van der Waals surface area contributed by atoms with Crippen LogP contribution < -0.4 is 10.5 Å². The zero-order valence-electron chi connectivity index (χ0n) is 10.5. The molecule has 1 atom stereocenters. The Morgan fingerprint density at radius 2 is 2.11 bits per heavy atom. The summed E-state index contributed by atoms with van der Waals surface area (Å²) in [4.78, 5) is 10.7. The number of rotatable bonds is 5. The van der Waals surface area contributed by atoms with Crippen LogP contribution in [0.1, 0.15) is 20.3 Å². The van der Waals surface area contributed by atoms with Gasteiger partial charge >= 0.3 is 5.97 Å². The Labute approximate surface area is 110 Å². The van der Waals surface area contributed by atoms with Crippen LogP contribution in [-0.4, -0.2) is 25.0 Å². The lowest BCUT2D eigenvalue weighted by molar-refractivity contribution is -0.141. The van der Waals surface area contributed by atoms with E-state index in [-0.39, 0.29) is 17.0 Å². The van der Waals surface area contributed by atoms with Crippen LogP contribution in [-0.2, 0) is 14.8 Å². The minimum Gasteiger partial charge on any atom is -0.480 e. The molecule has 0 bridgehead atoms. The van der Waals surface area contributed by atoms with E-state index in [1.54, 1.807) is 6.92 Å². The zero-order valence-corrected chi connectivity index (χ0v) is 11.3. The number of carboxylic acids is 1. The van der Waals surface area contributed by atoms with Crippen molar-refractivity contribution in [1.29, 1.82) is 0 Å². The van der Waals surface area contributed by atoms with Crippen LogP contribution in [0.25, 0.3) is 0 Å². The normalized spacial score (nSPS) is 14.7. The lowest BCUT2D eigenvalue weighted by atomic mass is 9.99. The van der Waals surface area contributed by atoms with Gasteiger partial charge in [0.1, 0.15) is 11.4 Å². The Hall–Kier alpha value is -1.67. The number of sulfonamides is 1. The summed E-state index contributed by atoms with van der Waals surface area (Å²) in [6.45, 7) is 3.04. The van der Waals surface area contributed by atoms with E-state index in [0.29, 0.717) is 0 Å². The van der Waals surface area contributed by atoms with Gasteiger partial charge in [-0.3, -0.25) is 0 Å². The molecule has 106 valence electrons. The van der Waals surface area contributed by atoms with E-state index >= 15 is 0 Å². The van der Waals surface area contributed by atoms with Gasteiger partial charge in [0.15, 0.2) is 0 Å². The first kappa shape index (κ1) is 15.4. The third kappa shape index (κ3) is 3.42. The van der Waals surface area contributed by atoms with E-state index in [4.69, 9.17) is 10.2 Å². The number of hydrogen-bond acceptors (Lipinski definition) is 4. The predicted octanol–water partition coefficient (Wildman–Crippen LogP) is 1.14. The van der Waals surface area contributed by atoms with Crippen LogP contribution in [0, 0.1) is 5.82 Å². The first-order chi connectivity index (χ1) is 8.60. The number of anilines is 1. The van der Waals surface area contributed by atoms with Gasteiger partial charge in [0.2, 0.25) is 10.0 Å². The van der Waals surface area contributed by atoms with Crippen molar-refractivity contribution in [3.8, 4) is 0 Å². The lowest BCUT2D eigenvalue weighted by Crippen LogP contribution is -2.42. The summed E-state index contributed by atoms with van der Waals surface area (Å²) in [5.74, 6) is -2.02. The molecule has 0 aliphatic rings. The average molecular weight is 290 g/mol. The molecule has 1 aromatic rings. The van der Waals surface area contributed by atoms with Gasteiger partial charge in [-0.2, -0.15) is 0 Å². The van der Waals surface area contributed by atoms with Crippen molar-refractivity contribution in [3.63, 3.8) is 0 Å². The van der Waals surface area contributed by atoms with E-state index in [1.807, 2.05) is 0 Å². The van der Waals surface area contributed by atoms with Crippen molar-refractivity contribution < 1.29 is 22.7 Å². The van der Waals surface area contributed by atoms with Crippen molar-refractivity contribution in [2.45, 2.75) is 30.7 Å². The highest BCUT2D eigenvalue weighted by Crippen LogP contribution is 2.23. The molecule has 0 aromatic heterocycles. The van der Waals surface area contributed by atoms with Gasteiger partial charge in [0, 0.05) is 0 Å². The fraction of sp³-hybridized carbons (Fsp3) is 0.364. The quantitative estimate of drug-likeness (QED) is 0.753. The van der Waals surface area contributed by atoms with Crippen LogP contribution >= 0.6 is 0 Å². The summed E-state index contributed by atoms with van der Waals surface area (Å²) in [5.41, 5.74) is -1.44. The summed E-state index contributed by atoms with van der Waals surface area (Å²) < 4.78 is 35.8. The number of carbonyl (C=O) groups is 1. The molecule has 0 aliphatic carbocycles. The average Bonchev–Trinajstić information content (AvgIpc) is 2.30. The fourth-order valence-corrected chi connectivity index (χ4v) is 1.89. The molecule has 0 saturated carbocycles. The van der Waals surface area contributed by atoms with Gasteiger partial charge in [-0.25, -0.2) is 22.7 Å². The van der Waals surface area contributed by atoms with Crippen LogP contribution in [0.2, 0.25) is 0 Å². The van der Waals surface area contributed by atoms with Crippen molar-refractivity contribution >= 4 is 21.7 Å². The molecule has 0 radical (unpaired) electrons. The van der Waals surface area contributed by atoms with Crippen molar-refractivity contribution in [3.05, 3.63) is 24.0 Å². The van der Waals surface area contributed by atoms with Gasteiger partial charge < -0.3 is 10.4 Å². The van der Waals surface area contributed by atoms with Crippen molar-refractivity contribution in [2.24, 2.45) is 5.14 Å². The van der Waals surface area contributed by atoms with Crippen LogP contribution in [0.5, 0.6) is 0 Å². The number of aliphatic carboxylic acids is 1. The van der Waals surface area contributed by atoms with Crippen molar-refractivity contribution in [1.82, 2.24) is 0 Å². The second-order valence-electron chi connectivity index (χ2n) is 4.30. The number of benzene rings is 1. The molecule has 0 fully saturated rings. The number of hydrogen-bond donors (Lipinski definition) is 3. The monoisotopic (exact) mass is 290 g/mol. The lowest BCUT2D eigenvalue weighted by Gasteiger charge is -2.26. The second-order valence-corrected chi connectivity index (χ2v) is 5.86. The van der Waals surface area contributed by atoms with Crippen LogP contribution in [0.4, 0.5) is 10.1 Å². The highest BCUT2D eigenvalue weighted by Gasteiger charge is 2.31. The van der Waals surface area contributed by atoms with E-state index in [0.717, 1.165) is 18.2 Å². The molecule has 1 rings (SSSR count). The first-order valence-corrected chi connectivity index (χ1v) is 6.98. The molecule has 0 heterocycles. The van der Waals surface area contributed by atoms with E-state index in [2.05, 4.69) is 5.32 Å². The minimum atomic E-state index is -3.99. The van der Waals surface area contributed by atoms with Crippen LogP contribution in [0.15, 0.2) is 23.1 Å². The Morgan fingerprint density at radius 3 is 2.47 bits per heavy atom. The summed E-state index contributed by atoms with van der Waals surface area (Å²) in [7, 11) is -3.99. The third-order valence-corrected chi connectivity index (χ3v) is 3.77. The topological polar surface area (TPSA) is 109 Å². The van der Waals surface area contributed by atoms with Gasteiger partial charge in [-0.15, -0.1) is 0 Å². The van der Waals surface area contributed by atoms with E-state index < -0.39 is 27.3 Å². The Bertz CT molecular complexity index is 603. The fourth-order valence-electron chi connectivity index (χ4n) is 1.36. The Balaban J connectivity index is 3.15. The molecule has 0 spiro atoms. The smallest absolute Gasteiger partial charge is 0.329 e. The number of primary sulfonamides is 1. The molecule has 6 nitrogen and oxygen atoms in total. The van der Waals surface area contributed by atoms with Gasteiger partial charge in [0.25, 0.3) is 0 Å². The number of halogens is 1. The standard InChI is InChI=1S/C11H15FN2O4S/c1-3-11(2,10(15)16)14-9-5-4-7(6-8(9)12)19(13,17)18/h4-6,14H,3H2,1-2H3,(H,15,16)(H2,13,17,18). The molecule has 4 N–H and O–H groups in total. The molecule has 0 saturated heterocycles. The molecule has 8 heteroatoms. The van der Waals surface area contributed by atoms with Crippen LogP contribution in [0.3, 0.4) is 0 Å². The summed E-state index contributed by atoms with van der Waals surface area (Å²) >= 11 is 0. The highest BCUT2D eigenvalue weighted by atomic mass is 32.2. The highest BCUT2D eigenvalue weighted by molar-refractivity contribution is 7.89. The largest absolute Gasteiger partial charge is 0.480 e. The summed E-state index contributed by atoms with van der Waals surface area (Å²) in [6, 6.07) is 3.00. The maximum absolute atomic E-state index is 13.7. The molecule has 0 amide bonds. The predicted molar refractivity (Wildman–Crippen MR) is 67.7 cm³/mol. The number of carboxylic acid groups (broad SMARTS) is 1. The van der Waals surface area contributed by atoms with Gasteiger partial charge in [0.05, 0.1) is 10.6 Å². The summed E-state index contributed by atoms with van der Waals surface area (Å²) in [6.07, 6.45) is 0.221.